The second-order valence-corrected chi connectivity index (χ2v) is 7.17. The number of sulfone groups is 1. The molecule has 1 fully saturated rings. The van der Waals surface area contributed by atoms with E-state index in [9.17, 15) is 18.5 Å². The molecule has 6 heteroatoms. The minimum atomic E-state index is -3.32. The summed E-state index contributed by atoms with van der Waals surface area (Å²) in [6.07, 6.45) is 3.96. The van der Waals surface area contributed by atoms with E-state index in [0.29, 0.717) is 18.5 Å². The molecule has 0 atom stereocenters. The summed E-state index contributed by atoms with van der Waals surface area (Å²) in [6, 6.07) is 8.18. The van der Waals surface area contributed by atoms with Crippen molar-refractivity contribution in [3.05, 3.63) is 24.3 Å². The third-order valence-electron chi connectivity index (χ3n) is 3.63. The molecule has 1 aliphatic rings. The Morgan fingerprint density at radius 3 is 2.55 bits per heavy atom. The second kappa shape index (κ2) is 5.25. The van der Waals surface area contributed by atoms with Crippen LogP contribution >= 0.6 is 0 Å². The maximum Gasteiger partial charge on any atom is 0.244 e. The zero-order chi connectivity index (χ0) is 14.8. The molecule has 0 aliphatic heterocycles. The highest BCUT2D eigenvalue weighted by molar-refractivity contribution is 7.90. The van der Waals surface area contributed by atoms with Crippen molar-refractivity contribution in [2.75, 3.05) is 11.6 Å². The highest BCUT2D eigenvalue weighted by atomic mass is 32.2. The third kappa shape index (κ3) is 2.83. The van der Waals surface area contributed by atoms with Crippen LogP contribution in [-0.2, 0) is 14.6 Å². The molecule has 0 aromatic heterocycles. The number of carbonyl (C=O) groups is 1. The van der Waals surface area contributed by atoms with E-state index in [0.717, 1.165) is 19.1 Å². The Morgan fingerprint density at radius 2 is 2.00 bits per heavy atom. The number of anilines is 1. The van der Waals surface area contributed by atoms with Crippen LogP contribution in [-0.4, -0.2) is 20.6 Å². The van der Waals surface area contributed by atoms with E-state index < -0.39 is 15.3 Å². The summed E-state index contributed by atoms with van der Waals surface area (Å²) in [5.41, 5.74) is -0.569. The average Bonchev–Trinajstić information content (AvgIpc) is 2.88. The van der Waals surface area contributed by atoms with Gasteiger partial charge in [-0.2, -0.15) is 5.26 Å². The van der Waals surface area contributed by atoms with Gasteiger partial charge in [-0.15, -0.1) is 0 Å². The molecular formula is C14H16N2O3S. The molecule has 1 saturated carbocycles. The Bertz CT molecular complexity index is 668. The summed E-state index contributed by atoms with van der Waals surface area (Å²) in [7, 11) is -3.32. The fourth-order valence-corrected chi connectivity index (χ4v) is 3.09. The maximum atomic E-state index is 12.2. The third-order valence-corrected chi connectivity index (χ3v) is 4.74. The number of benzene rings is 1. The van der Waals surface area contributed by atoms with Crippen LogP contribution in [0.3, 0.4) is 0 Å². The first-order chi connectivity index (χ1) is 9.37. The molecule has 1 aromatic carbocycles. The normalized spacial score (nSPS) is 17.4. The molecule has 1 N–H and O–H groups in total. The van der Waals surface area contributed by atoms with Gasteiger partial charge < -0.3 is 5.32 Å². The summed E-state index contributed by atoms with van der Waals surface area (Å²) >= 11 is 0. The first-order valence-corrected chi connectivity index (χ1v) is 8.29. The van der Waals surface area contributed by atoms with Gasteiger partial charge in [0.2, 0.25) is 5.91 Å². The van der Waals surface area contributed by atoms with Crippen LogP contribution in [0, 0.1) is 16.7 Å². The minimum Gasteiger partial charge on any atom is -0.325 e. The van der Waals surface area contributed by atoms with Crippen molar-refractivity contribution in [3.8, 4) is 6.07 Å². The molecule has 2 rings (SSSR count). The second-order valence-electron chi connectivity index (χ2n) is 5.16. The van der Waals surface area contributed by atoms with Crippen molar-refractivity contribution in [2.45, 2.75) is 30.6 Å². The Labute approximate surface area is 118 Å². The summed E-state index contributed by atoms with van der Waals surface area (Å²) in [5.74, 6) is -0.344. The molecule has 0 bridgehead atoms. The standard InChI is InChI=1S/C14H16N2O3S/c1-20(18,19)12-6-4-5-11(9-12)16-13(17)14(10-15)7-2-3-8-14/h4-6,9H,2-3,7-8H2,1H3,(H,16,17). The topological polar surface area (TPSA) is 87.0 Å². The van der Waals surface area contributed by atoms with E-state index in [1.165, 1.54) is 12.1 Å². The van der Waals surface area contributed by atoms with Crippen molar-refractivity contribution < 1.29 is 13.2 Å². The molecule has 1 amide bonds. The highest BCUT2D eigenvalue weighted by Gasteiger charge is 2.41. The van der Waals surface area contributed by atoms with Gasteiger partial charge >= 0.3 is 0 Å². The van der Waals surface area contributed by atoms with E-state index in [-0.39, 0.29) is 10.8 Å². The van der Waals surface area contributed by atoms with Gasteiger partial charge in [-0.1, -0.05) is 18.9 Å². The van der Waals surface area contributed by atoms with Crippen molar-refractivity contribution in [2.24, 2.45) is 5.41 Å². The average molecular weight is 292 g/mol. The van der Waals surface area contributed by atoms with Crippen LogP contribution in [0.4, 0.5) is 5.69 Å². The largest absolute Gasteiger partial charge is 0.325 e. The molecule has 0 saturated heterocycles. The molecular weight excluding hydrogens is 276 g/mol. The van der Waals surface area contributed by atoms with Crippen LogP contribution in [0.1, 0.15) is 25.7 Å². The highest BCUT2D eigenvalue weighted by Crippen LogP contribution is 2.38. The van der Waals surface area contributed by atoms with Crippen LogP contribution < -0.4 is 5.32 Å². The monoisotopic (exact) mass is 292 g/mol. The van der Waals surface area contributed by atoms with Gasteiger partial charge in [0.1, 0.15) is 5.41 Å². The van der Waals surface area contributed by atoms with E-state index in [2.05, 4.69) is 11.4 Å². The first kappa shape index (κ1) is 14.5. The number of nitrogens with one attached hydrogen (secondary N) is 1. The SMILES string of the molecule is CS(=O)(=O)c1cccc(NC(=O)C2(C#N)CCCC2)c1. The molecule has 20 heavy (non-hydrogen) atoms. The molecule has 1 aliphatic carbocycles. The Morgan fingerprint density at radius 1 is 1.35 bits per heavy atom. The minimum absolute atomic E-state index is 0.146. The van der Waals surface area contributed by atoms with Crippen LogP contribution in [0.2, 0.25) is 0 Å². The lowest BCUT2D eigenvalue weighted by atomic mass is 9.87. The first-order valence-electron chi connectivity index (χ1n) is 6.40. The molecule has 0 radical (unpaired) electrons. The van der Waals surface area contributed by atoms with Gasteiger partial charge in [0.05, 0.1) is 11.0 Å². The summed E-state index contributed by atoms with van der Waals surface area (Å²) < 4.78 is 23.0. The van der Waals surface area contributed by atoms with Gasteiger partial charge in [-0.05, 0) is 31.0 Å². The number of nitriles is 1. The predicted molar refractivity (Wildman–Crippen MR) is 74.7 cm³/mol. The van der Waals surface area contributed by atoms with Crippen molar-refractivity contribution in [1.82, 2.24) is 0 Å². The van der Waals surface area contributed by atoms with Crippen LogP contribution in [0.15, 0.2) is 29.2 Å². The van der Waals surface area contributed by atoms with Crippen molar-refractivity contribution >= 4 is 21.4 Å². The van der Waals surface area contributed by atoms with Crippen molar-refractivity contribution in [3.63, 3.8) is 0 Å². The summed E-state index contributed by atoms with van der Waals surface area (Å²) in [4.78, 5) is 12.4. The van der Waals surface area contributed by atoms with Gasteiger partial charge in [-0.25, -0.2) is 8.42 Å². The fourth-order valence-electron chi connectivity index (χ4n) is 2.42. The molecule has 1 aromatic rings. The zero-order valence-corrected chi connectivity index (χ0v) is 12.0. The van der Waals surface area contributed by atoms with Crippen LogP contribution in [0.5, 0.6) is 0 Å². The Balaban J connectivity index is 2.23. The van der Waals surface area contributed by atoms with Gasteiger partial charge in [0.15, 0.2) is 9.84 Å². The predicted octanol–water partition coefficient (Wildman–Crippen LogP) is 2.11. The number of carbonyl (C=O) groups excluding carboxylic acids is 1. The van der Waals surface area contributed by atoms with Gasteiger partial charge in [0, 0.05) is 11.9 Å². The molecule has 0 unspecified atom stereocenters. The lowest BCUT2D eigenvalue weighted by Crippen LogP contribution is -2.32. The summed E-state index contributed by atoms with van der Waals surface area (Å²) in [6.45, 7) is 0. The quantitative estimate of drug-likeness (QED) is 0.924. The maximum absolute atomic E-state index is 12.2. The van der Waals surface area contributed by atoms with E-state index in [4.69, 9.17) is 0 Å². The lowest BCUT2D eigenvalue weighted by Gasteiger charge is -2.19. The van der Waals surface area contributed by atoms with E-state index in [1.807, 2.05) is 0 Å². The smallest absolute Gasteiger partial charge is 0.244 e. The fraction of sp³-hybridized carbons (Fsp3) is 0.429. The number of amides is 1. The van der Waals surface area contributed by atoms with E-state index >= 15 is 0 Å². The zero-order valence-electron chi connectivity index (χ0n) is 11.2. The van der Waals surface area contributed by atoms with Gasteiger partial charge in [0.25, 0.3) is 0 Å². The molecule has 0 heterocycles. The molecule has 106 valence electrons. The van der Waals surface area contributed by atoms with Gasteiger partial charge in [-0.3, -0.25) is 4.79 Å². The number of rotatable bonds is 3. The molecule has 0 spiro atoms. The number of hydrogen-bond donors (Lipinski definition) is 1. The number of hydrogen-bond acceptors (Lipinski definition) is 4. The Kier molecular flexibility index (Phi) is 3.82. The van der Waals surface area contributed by atoms with Crippen LogP contribution in [0.25, 0.3) is 0 Å². The Hall–Kier alpha value is -1.87. The van der Waals surface area contributed by atoms with Crippen molar-refractivity contribution in [1.29, 1.82) is 5.26 Å². The van der Waals surface area contributed by atoms with E-state index in [1.54, 1.807) is 12.1 Å². The summed E-state index contributed by atoms with van der Waals surface area (Å²) in [5, 5.41) is 11.9. The molecule has 5 nitrogen and oxygen atoms in total. The number of nitrogens with zero attached hydrogens (tertiary/aromatic N) is 1. The lowest BCUT2D eigenvalue weighted by molar-refractivity contribution is -0.122.